The minimum atomic E-state index is -0.351. The third-order valence-corrected chi connectivity index (χ3v) is 5.01. The van der Waals surface area contributed by atoms with Crippen LogP contribution in [-0.4, -0.2) is 17.5 Å². The summed E-state index contributed by atoms with van der Waals surface area (Å²) in [7, 11) is 0. The zero-order valence-electron chi connectivity index (χ0n) is 10.6. The summed E-state index contributed by atoms with van der Waals surface area (Å²) in [5.74, 6) is 0.615. The largest absolute Gasteiger partial charge is 0.389 e. The normalized spacial score (nSPS) is 41.8. The second kappa shape index (κ2) is 4.41. The molecule has 0 aliphatic heterocycles. The van der Waals surface area contributed by atoms with Gasteiger partial charge in [-0.25, -0.2) is 0 Å². The Hall–Kier alpha value is -0.890. The zero-order chi connectivity index (χ0) is 12.6. The lowest BCUT2D eigenvalue weighted by atomic mass is 9.52. The van der Waals surface area contributed by atoms with Crippen molar-refractivity contribution in [1.82, 2.24) is 0 Å². The lowest BCUT2D eigenvalue weighted by molar-refractivity contribution is -0.106. The van der Waals surface area contributed by atoms with Crippen molar-refractivity contribution in [2.75, 3.05) is 0 Å². The highest BCUT2D eigenvalue weighted by Crippen LogP contribution is 2.56. The van der Waals surface area contributed by atoms with Crippen LogP contribution >= 0.6 is 0 Å². The molecule has 2 aliphatic carbocycles. The summed E-state index contributed by atoms with van der Waals surface area (Å²) in [5.41, 5.74) is 1.77. The lowest BCUT2D eigenvalue weighted by Gasteiger charge is -2.52. The van der Waals surface area contributed by atoms with E-state index in [2.05, 4.69) is 20.1 Å². The molecule has 0 aromatic carbocycles. The van der Waals surface area contributed by atoms with Crippen molar-refractivity contribution >= 4 is 6.29 Å². The van der Waals surface area contributed by atoms with Crippen molar-refractivity contribution in [2.24, 2.45) is 17.3 Å². The first kappa shape index (κ1) is 12.6. The van der Waals surface area contributed by atoms with Crippen LogP contribution in [0.4, 0.5) is 0 Å². The predicted octanol–water partition coefficient (Wildman–Crippen LogP) is 2.88. The Labute approximate surface area is 103 Å². The van der Waals surface area contributed by atoms with E-state index < -0.39 is 0 Å². The van der Waals surface area contributed by atoms with E-state index >= 15 is 0 Å². The van der Waals surface area contributed by atoms with Crippen LogP contribution in [0.2, 0.25) is 0 Å². The molecule has 0 heterocycles. The van der Waals surface area contributed by atoms with Crippen LogP contribution < -0.4 is 0 Å². The molecule has 0 aromatic heterocycles. The molecule has 2 nitrogen and oxygen atoms in total. The van der Waals surface area contributed by atoms with E-state index in [0.29, 0.717) is 5.92 Å². The SMILES string of the molecule is C=C(C=O)[C@H]1CCC[C@H]2C(=C)[C@@H](O)CC[C@@]12C. The Balaban J connectivity index is 2.31. The fraction of sp³-hybridized carbons (Fsp3) is 0.667. The number of aldehydes is 1. The quantitative estimate of drug-likeness (QED) is 0.453. The first-order valence-corrected chi connectivity index (χ1v) is 6.51. The lowest BCUT2D eigenvalue weighted by Crippen LogP contribution is -2.46. The Morgan fingerprint density at radius 1 is 1.47 bits per heavy atom. The summed E-state index contributed by atoms with van der Waals surface area (Å²) in [4.78, 5) is 11.0. The number of hydrogen-bond donors (Lipinski definition) is 1. The molecule has 0 amide bonds. The third kappa shape index (κ3) is 1.89. The Kier molecular flexibility index (Phi) is 3.26. The van der Waals surface area contributed by atoms with Gasteiger partial charge in [0.1, 0.15) is 6.29 Å². The molecule has 0 radical (unpaired) electrons. The van der Waals surface area contributed by atoms with Gasteiger partial charge in [0.15, 0.2) is 0 Å². The van der Waals surface area contributed by atoms with E-state index in [1.165, 1.54) is 0 Å². The maximum absolute atomic E-state index is 11.0. The number of carbonyl (C=O) groups is 1. The molecule has 2 fully saturated rings. The summed E-state index contributed by atoms with van der Waals surface area (Å²) < 4.78 is 0. The Bertz CT molecular complexity index is 358. The Morgan fingerprint density at radius 2 is 2.18 bits per heavy atom. The van der Waals surface area contributed by atoms with Gasteiger partial charge < -0.3 is 5.11 Å². The van der Waals surface area contributed by atoms with Gasteiger partial charge in [-0.05, 0) is 54.1 Å². The number of hydrogen-bond acceptors (Lipinski definition) is 2. The number of allylic oxidation sites excluding steroid dienone is 1. The number of rotatable bonds is 2. The highest BCUT2D eigenvalue weighted by atomic mass is 16.3. The Morgan fingerprint density at radius 3 is 2.82 bits per heavy atom. The van der Waals surface area contributed by atoms with Crippen LogP contribution in [0.5, 0.6) is 0 Å². The van der Waals surface area contributed by atoms with E-state index in [-0.39, 0.29) is 17.4 Å². The predicted molar refractivity (Wildman–Crippen MR) is 68.5 cm³/mol. The van der Waals surface area contributed by atoms with E-state index in [1.54, 1.807) is 0 Å². The topological polar surface area (TPSA) is 37.3 Å². The molecular weight excluding hydrogens is 212 g/mol. The summed E-state index contributed by atoms with van der Waals surface area (Å²) in [6.45, 7) is 10.2. The molecule has 2 saturated carbocycles. The van der Waals surface area contributed by atoms with Crippen molar-refractivity contribution in [3.8, 4) is 0 Å². The van der Waals surface area contributed by atoms with Crippen LogP contribution in [0, 0.1) is 17.3 Å². The van der Waals surface area contributed by atoms with Gasteiger partial charge in [-0.2, -0.15) is 0 Å². The van der Waals surface area contributed by atoms with E-state index in [0.717, 1.165) is 49.5 Å². The van der Waals surface area contributed by atoms with Crippen molar-refractivity contribution in [3.05, 3.63) is 24.3 Å². The molecule has 1 N–H and O–H groups in total. The first-order chi connectivity index (χ1) is 8.00. The van der Waals surface area contributed by atoms with Crippen LogP contribution in [0.15, 0.2) is 24.3 Å². The monoisotopic (exact) mass is 234 g/mol. The molecule has 94 valence electrons. The molecule has 0 spiro atoms. The average molecular weight is 234 g/mol. The van der Waals surface area contributed by atoms with E-state index in [9.17, 15) is 9.90 Å². The van der Waals surface area contributed by atoms with Gasteiger partial charge in [-0.15, -0.1) is 0 Å². The second-order valence-electron chi connectivity index (χ2n) is 5.86. The van der Waals surface area contributed by atoms with Gasteiger partial charge in [-0.3, -0.25) is 4.79 Å². The van der Waals surface area contributed by atoms with Gasteiger partial charge in [0, 0.05) is 0 Å². The number of fused-ring (bicyclic) bond motifs is 1. The molecule has 17 heavy (non-hydrogen) atoms. The third-order valence-electron chi connectivity index (χ3n) is 5.01. The first-order valence-electron chi connectivity index (χ1n) is 6.51. The van der Waals surface area contributed by atoms with Crippen LogP contribution in [0.25, 0.3) is 0 Å². The molecule has 0 bridgehead atoms. The van der Waals surface area contributed by atoms with Crippen molar-refractivity contribution in [1.29, 1.82) is 0 Å². The molecule has 0 saturated heterocycles. The smallest absolute Gasteiger partial charge is 0.145 e. The zero-order valence-corrected chi connectivity index (χ0v) is 10.6. The molecule has 0 unspecified atom stereocenters. The van der Waals surface area contributed by atoms with Crippen LogP contribution in [0.1, 0.15) is 39.0 Å². The molecule has 2 rings (SSSR count). The van der Waals surface area contributed by atoms with Crippen molar-refractivity contribution in [2.45, 2.75) is 45.1 Å². The highest BCUT2D eigenvalue weighted by molar-refractivity contribution is 5.73. The molecule has 4 atom stereocenters. The minimum Gasteiger partial charge on any atom is -0.389 e. The minimum absolute atomic E-state index is 0.0759. The number of aliphatic hydroxyl groups is 1. The maximum atomic E-state index is 11.0. The van der Waals surface area contributed by atoms with Gasteiger partial charge in [0.2, 0.25) is 0 Å². The molecule has 2 heteroatoms. The van der Waals surface area contributed by atoms with Crippen LogP contribution in [-0.2, 0) is 4.79 Å². The average Bonchev–Trinajstić information content (AvgIpc) is 2.33. The summed E-state index contributed by atoms with van der Waals surface area (Å²) in [5, 5.41) is 9.92. The van der Waals surface area contributed by atoms with E-state index in [4.69, 9.17) is 0 Å². The number of carbonyl (C=O) groups excluding carboxylic acids is 1. The summed E-state index contributed by atoms with van der Waals surface area (Å²) in [6.07, 6.45) is 5.54. The summed E-state index contributed by atoms with van der Waals surface area (Å²) >= 11 is 0. The number of aliphatic hydroxyl groups excluding tert-OH is 1. The van der Waals surface area contributed by atoms with Crippen molar-refractivity contribution < 1.29 is 9.90 Å². The van der Waals surface area contributed by atoms with Crippen LogP contribution in [0.3, 0.4) is 0 Å². The summed E-state index contributed by atoms with van der Waals surface area (Å²) in [6, 6.07) is 0. The maximum Gasteiger partial charge on any atom is 0.145 e. The van der Waals surface area contributed by atoms with Crippen molar-refractivity contribution in [3.63, 3.8) is 0 Å². The van der Waals surface area contributed by atoms with E-state index in [1.807, 2.05) is 0 Å². The van der Waals surface area contributed by atoms with Gasteiger partial charge in [0.05, 0.1) is 6.10 Å². The second-order valence-corrected chi connectivity index (χ2v) is 5.86. The molecule has 0 aromatic rings. The van der Waals surface area contributed by atoms with Gasteiger partial charge >= 0.3 is 0 Å². The fourth-order valence-electron chi connectivity index (χ4n) is 3.94. The molecular formula is C15H22O2. The standard InChI is InChI=1S/C15H22O2/c1-10(9-16)12-5-4-6-13-11(2)14(17)7-8-15(12,13)3/h9,12-14,17H,1-2,4-8H2,3H3/t12-,13+,14+,15+/m1/s1. The van der Waals surface area contributed by atoms with Gasteiger partial charge in [0.25, 0.3) is 0 Å². The van der Waals surface area contributed by atoms with Gasteiger partial charge in [-0.1, -0.05) is 26.5 Å². The highest BCUT2D eigenvalue weighted by Gasteiger charge is 2.49. The molecule has 2 aliphatic rings. The fourth-order valence-corrected chi connectivity index (χ4v) is 3.94.